The smallest absolute Gasteiger partial charge is 0.408 e. The van der Waals surface area contributed by atoms with Crippen molar-refractivity contribution in [3.8, 4) is 0 Å². The summed E-state index contributed by atoms with van der Waals surface area (Å²) in [5.74, 6) is -3.68. The Kier molecular flexibility index (Phi) is 7.56. The number of carbonyl (C=O) groups excluding carboxylic acids is 3. The van der Waals surface area contributed by atoms with Gasteiger partial charge in [0.05, 0.1) is 28.0 Å². The molecule has 0 aliphatic carbocycles. The van der Waals surface area contributed by atoms with E-state index in [1.54, 1.807) is 20.8 Å². The number of hydrogen-bond donors (Lipinski definition) is 2. The maximum Gasteiger partial charge on any atom is 0.408 e. The molecule has 1 aromatic carbocycles. The fourth-order valence-electron chi connectivity index (χ4n) is 2.38. The van der Waals surface area contributed by atoms with Crippen LogP contribution < -0.4 is 10.6 Å². The van der Waals surface area contributed by atoms with Gasteiger partial charge in [0.2, 0.25) is 5.91 Å². The minimum atomic E-state index is -1.12. The van der Waals surface area contributed by atoms with Crippen molar-refractivity contribution in [2.75, 3.05) is 5.32 Å². The zero-order chi connectivity index (χ0) is 23.5. The van der Waals surface area contributed by atoms with Gasteiger partial charge in [-0.2, -0.15) is 0 Å². The Balaban J connectivity index is 2.31. The van der Waals surface area contributed by atoms with E-state index >= 15 is 0 Å². The van der Waals surface area contributed by atoms with Gasteiger partial charge in [-0.05, 0) is 39.8 Å². The second kappa shape index (κ2) is 9.57. The van der Waals surface area contributed by atoms with Gasteiger partial charge in [-0.15, -0.1) is 0 Å². The minimum absolute atomic E-state index is 0.175. The summed E-state index contributed by atoms with van der Waals surface area (Å²) in [5, 5.41) is 4.14. The number of ether oxygens (including phenoxy) is 1. The minimum Gasteiger partial charge on any atom is -0.444 e. The Morgan fingerprint density at radius 1 is 1.16 bits per heavy atom. The predicted molar refractivity (Wildman–Crippen MR) is 112 cm³/mol. The zero-order valence-electron chi connectivity index (χ0n) is 17.0. The Morgan fingerprint density at radius 3 is 2.39 bits per heavy atom. The van der Waals surface area contributed by atoms with Crippen LogP contribution in [-0.2, 0) is 9.53 Å². The maximum absolute atomic E-state index is 14.1. The molecule has 0 saturated carbocycles. The first kappa shape index (κ1) is 24.5. The number of pyridine rings is 1. The lowest BCUT2D eigenvalue weighted by molar-refractivity contribution is -0.117. The van der Waals surface area contributed by atoms with E-state index in [9.17, 15) is 23.2 Å². The number of nitrogens with one attached hydrogen (secondary N) is 2. The quantitative estimate of drug-likeness (QED) is 0.482. The average molecular weight is 474 g/mol. The zero-order valence-corrected chi connectivity index (χ0v) is 18.5. The number of alkyl carbamates (subject to hydrolysis) is 1. The van der Waals surface area contributed by atoms with E-state index in [-0.39, 0.29) is 21.4 Å². The molecule has 0 aliphatic rings. The van der Waals surface area contributed by atoms with Crippen molar-refractivity contribution in [2.24, 2.45) is 0 Å². The molecule has 0 radical (unpaired) electrons. The fraction of sp³-hybridized carbons (Fsp3) is 0.300. The molecule has 11 heteroatoms. The van der Waals surface area contributed by atoms with Crippen LogP contribution in [-0.4, -0.2) is 34.4 Å². The van der Waals surface area contributed by atoms with Gasteiger partial charge < -0.3 is 15.4 Å². The largest absolute Gasteiger partial charge is 0.444 e. The molecule has 1 atom stereocenters. The summed E-state index contributed by atoms with van der Waals surface area (Å²) < 4.78 is 32.4. The summed E-state index contributed by atoms with van der Waals surface area (Å²) in [6.07, 6.45) is 0.230. The number of ketones is 1. The topological polar surface area (TPSA) is 97.4 Å². The van der Waals surface area contributed by atoms with Crippen molar-refractivity contribution in [1.29, 1.82) is 0 Å². The highest BCUT2D eigenvalue weighted by atomic mass is 35.5. The number of nitrogens with zero attached hydrogens (tertiary/aromatic N) is 1. The normalized spacial score (nSPS) is 12.1. The monoisotopic (exact) mass is 473 g/mol. The lowest BCUT2D eigenvalue weighted by Crippen LogP contribution is -2.44. The van der Waals surface area contributed by atoms with Gasteiger partial charge in [0.1, 0.15) is 28.4 Å². The van der Waals surface area contributed by atoms with Crippen LogP contribution in [0.4, 0.5) is 19.3 Å². The Morgan fingerprint density at radius 2 is 1.81 bits per heavy atom. The van der Waals surface area contributed by atoms with Crippen molar-refractivity contribution < 1.29 is 27.9 Å². The highest BCUT2D eigenvalue weighted by molar-refractivity contribution is 6.44. The predicted octanol–water partition coefficient (Wildman–Crippen LogP) is 4.75. The number of hydrogen-bond acceptors (Lipinski definition) is 5. The van der Waals surface area contributed by atoms with E-state index in [1.165, 1.54) is 6.92 Å². The second-order valence-electron chi connectivity index (χ2n) is 7.46. The summed E-state index contributed by atoms with van der Waals surface area (Å²) in [4.78, 5) is 41.0. The van der Waals surface area contributed by atoms with Crippen molar-refractivity contribution in [1.82, 2.24) is 10.3 Å². The second-order valence-corrected chi connectivity index (χ2v) is 8.20. The van der Waals surface area contributed by atoms with E-state index in [2.05, 4.69) is 15.6 Å². The van der Waals surface area contributed by atoms with Crippen LogP contribution in [0.5, 0.6) is 0 Å². The highest BCUT2D eigenvalue weighted by Crippen LogP contribution is 2.32. The van der Waals surface area contributed by atoms with Gasteiger partial charge in [-0.25, -0.2) is 18.6 Å². The standard InChI is InChI=1S/C20H19Cl2F2N3O4/c1-9(26-19(30)31-20(2,3)4)18(29)27-13-8-25-17(22)15(21)14(13)16(28)11-6-5-10(23)7-12(11)24/h5-9H,1-4H3,(H,26,30)(H,27,29)/t9-/m0/s1. The molecule has 0 saturated heterocycles. The van der Waals surface area contributed by atoms with Crippen molar-refractivity contribution in [2.45, 2.75) is 39.3 Å². The number of benzene rings is 1. The molecule has 2 N–H and O–H groups in total. The number of carbonyl (C=O) groups is 3. The third-order valence-electron chi connectivity index (χ3n) is 3.76. The molecule has 2 rings (SSSR count). The number of amides is 2. The molecular weight excluding hydrogens is 455 g/mol. The van der Waals surface area contributed by atoms with E-state index in [0.717, 1.165) is 18.3 Å². The van der Waals surface area contributed by atoms with Crippen LogP contribution >= 0.6 is 23.2 Å². The molecule has 7 nitrogen and oxygen atoms in total. The molecular formula is C20H19Cl2F2N3O4. The Bertz CT molecular complexity index is 1040. The number of rotatable bonds is 5. The van der Waals surface area contributed by atoms with Gasteiger partial charge in [-0.3, -0.25) is 9.59 Å². The summed E-state index contributed by atoms with van der Waals surface area (Å²) >= 11 is 12.0. The molecule has 0 aliphatic heterocycles. The summed E-state index contributed by atoms with van der Waals surface area (Å²) in [6.45, 7) is 6.35. The van der Waals surface area contributed by atoms with E-state index in [4.69, 9.17) is 27.9 Å². The molecule has 2 aromatic rings. The van der Waals surface area contributed by atoms with Crippen LogP contribution in [0.15, 0.2) is 24.4 Å². The summed E-state index contributed by atoms with van der Waals surface area (Å²) in [7, 11) is 0. The van der Waals surface area contributed by atoms with Gasteiger partial charge in [-0.1, -0.05) is 23.2 Å². The summed E-state index contributed by atoms with van der Waals surface area (Å²) in [6, 6.07) is 1.30. The van der Waals surface area contributed by atoms with Crippen molar-refractivity contribution in [3.05, 3.63) is 57.3 Å². The molecule has 2 amide bonds. The van der Waals surface area contributed by atoms with Gasteiger partial charge in [0, 0.05) is 6.07 Å². The number of halogens is 4. The highest BCUT2D eigenvalue weighted by Gasteiger charge is 2.26. The first-order valence-electron chi connectivity index (χ1n) is 8.94. The van der Waals surface area contributed by atoms with Gasteiger partial charge in [0.15, 0.2) is 5.78 Å². The third kappa shape index (κ3) is 6.35. The number of anilines is 1. The van der Waals surface area contributed by atoms with Crippen LogP contribution in [0.2, 0.25) is 10.2 Å². The Labute approximate surface area is 187 Å². The van der Waals surface area contributed by atoms with Crippen LogP contribution in [0.25, 0.3) is 0 Å². The SMILES string of the molecule is C[C@H](NC(=O)OC(C)(C)C)C(=O)Nc1cnc(Cl)c(Cl)c1C(=O)c1ccc(F)cc1F. The number of aromatic nitrogens is 1. The molecule has 0 spiro atoms. The van der Waals surface area contributed by atoms with Crippen LogP contribution in [0.3, 0.4) is 0 Å². The Hall–Kier alpha value is -2.78. The molecule has 1 heterocycles. The van der Waals surface area contributed by atoms with E-state index in [1.807, 2.05) is 0 Å². The third-order valence-corrected chi connectivity index (χ3v) is 4.52. The lowest BCUT2D eigenvalue weighted by atomic mass is 10.0. The molecule has 0 unspecified atom stereocenters. The van der Waals surface area contributed by atoms with Crippen LogP contribution in [0, 0.1) is 11.6 Å². The van der Waals surface area contributed by atoms with E-state index in [0.29, 0.717) is 6.07 Å². The fourth-order valence-corrected chi connectivity index (χ4v) is 2.76. The molecule has 0 fully saturated rings. The molecule has 166 valence electrons. The first-order valence-corrected chi connectivity index (χ1v) is 9.70. The maximum atomic E-state index is 14.1. The van der Waals surface area contributed by atoms with Gasteiger partial charge in [0.25, 0.3) is 0 Å². The molecule has 31 heavy (non-hydrogen) atoms. The first-order chi connectivity index (χ1) is 14.3. The van der Waals surface area contributed by atoms with Crippen molar-refractivity contribution >= 4 is 46.7 Å². The molecule has 0 bridgehead atoms. The molecule has 1 aromatic heterocycles. The van der Waals surface area contributed by atoms with E-state index < -0.39 is 46.6 Å². The van der Waals surface area contributed by atoms with Crippen molar-refractivity contribution in [3.63, 3.8) is 0 Å². The lowest BCUT2D eigenvalue weighted by Gasteiger charge is -2.22. The van der Waals surface area contributed by atoms with Crippen LogP contribution in [0.1, 0.15) is 43.6 Å². The summed E-state index contributed by atoms with van der Waals surface area (Å²) in [5.41, 5.74) is -1.77. The average Bonchev–Trinajstić information content (AvgIpc) is 2.62. The van der Waals surface area contributed by atoms with Gasteiger partial charge >= 0.3 is 6.09 Å².